The molecule has 1 heterocycles. The molecule has 1 atom stereocenters. The highest BCUT2D eigenvalue weighted by atomic mass is 16.6. The van der Waals surface area contributed by atoms with Crippen LogP contribution in [-0.2, 0) is 14.3 Å². The third-order valence-corrected chi connectivity index (χ3v) is 3.26. The van der Waals surface area contributed by atoms with Crippen molar-refractivity contribution in [2.45, 2.75) is 58.2 Å². The second kappa shape index (κ2) is 8.59. The van der Waals surface area contributed by atoms with E-state index in [1.807, 2.05) is 0 Å². The molecule has 0 aliphatic carbocycles. The molecule has 1 rings (SSSR count). The monoisotopic (exact) mass is 329 g/mol. The second-order valence-corrected chi connectivity index (χ2v) is 6.53. The van der Waals surface area contributed by atoms with Gasteiger partial charge in [-0.15, -0.1) is 0 Å². The van der Waals surface area contributed by atoms with Gasteiger partial charge in [0.15, 0.2) is 6.10 Å². The molecule has 0 radical (unpaired) electrons. The summed E-state index contributed by atoms with van der Waals surface area (Å²) in [5.41, 5.74) is 4.46. The number of alkyl carbamates (subject to hydrolysis) is 1. The Morgan fingerprint density at radius 3 is 2.65 bits per heavy atom. The van der Waals surface area contributed by atoms with Crippen LogP contribution < -0.4 is 11.1 Å². The Morgan fingerprint density at radius 2 is 2.04 bits per heavy atom. The molecule has 0 aromatic heterocycles. The molecular weight excluding hydrogens is 302 g/mol. The minimum absolute atomic E-state index is 0.224. The minimum Gasteiger partial charge on any atom is -0.444 e. The molecule has 1 saturated heterocycles. The third kappa shape index (κ3) is 7.71. The number of hydrogen-bond acceptors (Lipinski definition) is 5. The van der Waals surface area contributed by atoms with Crippen LogP contribution in [0.15, 0.2) is 0 Å². The van der Waals surface area contributed by atoms with E-state index in [9.17, 15) is 14.4 Å². The van der Waals surface area contributed by atoms with Gasteiger partial charge in [0.05, 0.1) is 0 Å². The van der Waals surface area contributed by atoms with Crippen molar-refractivity contribution >= 4 is 18.1 Å². The summed E-state index contributed by atoms with van der Waals surface area (Å²) >= 11 is 0. The van der Waals surface area contributed by atoms with Gasteiger partial charge in [0, 0.05) is 19.6 Å². The first-order valence-electron chi connectivity index (χ1n) is 7.91. The lowest BCUT2D eigenvalue weighted by Gasteiger charge is -2.24. The molecule has 3 amide bonds. The molecule has 132 valence electrons. The first-order valence-corrected chi connectivity index (χ1v) is 7.91. The van der Waals surface area contributed by atoms with E-state index in [-0.39, 0.29) is 5.91 Å². The van der Waals surface area contributed by atoms with Gasteiger partial charge < -0.3 is 25.4 Å². The van der Waals surface area contributed by atoms with Crippen molar-refractivity contribution in [3.8, 4) is 0 Å². The van der Waals surface area contributed by atoms with Crippen molar-refractivity contribution in [1.82, 2.24) is 10.2 Å². The molecule has 23 heavy (non-hydrogen) atoms. The topological polar surface area (TPSA) is 111 Å². The highest BCUT2D eigenvalue weighted by Crippen LogP contribution is 2.15. The standard InChI is InChI=1S/C15H27N3O5/c1-15(2,3)23-14(21)17-8-6-10-18-9-5-4-7-11(12(18)19)22-13(16)20/h11H,4-10H2,1-3H3,(H2,16,20)(H,17,21). The minimum atomic E-state index is -0.934. The van der Waals surface area contributed by atoms with Crippen LogP contribution in [0, 0.1) is 0 Å². The number of nitrogens with two attached hydrogens (primary N) is 1. The van der Waals surface area contributed by atoms with Gasteiger partial charge in [-0.2, -0.15) is 0 Å². The van der Waals surface area contributed by atoms with E-state index in [4.69, 9.17) is 15.2 Å². The average Bonchev–Trinajstić information content (AvgIpc) is 2.56. The van der Waals surface area contributed by atoms with E-state index in [2.05, 4.69) is 5.32 Å². The van der Waals surface area contributed by atoms with Gasteiger partial charge in [0.2, 0.25) is 0 Å². The first-order chi connectivity index (χ1) is 10.7. The maximum absolute atomic E-state index is 12.3. The lowest BCUT2D eigenvalue weighted by atomic mass is 10.2. The van der Waals surface area contributed by atoms with E-state index >= 15 is 0 Å². The van der Waals surface area contributed by atoms with Gasteiger partial charge >= 0.3 is 12.2 Å². The van der Waals surface area contributed by atoms with E-state index in [1.54, 1.807) is 25.7 Å². The number of likely N-dealkylation sites (tertiary alicyclic amines) is 1. The van der Waals surface area contributed by atoms with Crippen LogP contribution in [-0.4, -0.2) is 54.3 Å². The first kappa shape index (κ1) is 19.1. The predicted octanol–water partition coefficient (Wildman–Crippen LogP) is 1.38. The molecule has 1 fully saturated rings. The van der Waals surface area contributed by atoms with E-state index in [0.29, 0.717) is 32.5 Å². The normalized spacial score (nSPS) is 19.0. The maximum Gasteiger partial charge on any atom is 0.407 e. The Morgan fingerprint density at radius 1 is 1.35 bits per heavy atom. The maximum atomic E-state index is 12.3. The van der Waals surface area contributed by atoms with Crippen LogP contribution in [0.5, 0.6) is 0 Å². The highest BCUT2D eigenvalue weighted by Gasteiger charge is 2.29. The van der Waals surface area contributed by atoms with Crippen molar-refractivity contribution in [3.63, 3.8) is 0 Å². The molecule has 0 saturated carbocycles. The van der Waals surface area contributed by atoms with Crippen LogP contribution in [0.1, 0.15) is 46.5 Å². The van der Waals surface area contributed by atoms with Crippen molar-refractivity contribution in [2.24, 2.45) is 5.73 Å². The van der Waals surface area contributed by atoms with Gasteiger partial charge in [-0.1, -0.05) is 0 Å². The molecule has 0 spiro atoms. The number of rotatable bonds is 5. The zero-order valence-corrected chi connectivity index (χ0v) is 14.1. The van der Waals surface area contributed by atoms with Gasteiger partial charge in [-0.3, -0.25) is 4.79 Å². The Hall–Kier alpha value is -1.99. The van der Waals surface area contributed by atoms with Crippen molar-refractivity contribution < 1.29 is 23.9 Å². The van der Waals surface area contributed by atoms with Gasteiger partial charge in [-0.25, -0.2) is 9.59 Å². The summed E-state index contributed by atoms with van der Waals surface area (Å²) in [5.74, 6) is -0.224. The van der Waals surface area contributed by atoms with Crippen molar-refractivity contribution in [3.05, 3.63) is 0 Å². The Labute approximate surface area is 136 Å². The Balaban J connectivity index is 2.36. The number of carbonyl (C=O) groups excluding carboxylic acids is 3. The zero-order valence-electron chi connectivity index (χ0n) is 14.1. The largest absolute Gasteiger partial charge is 0.444 e. The summed E-state index contributed by atoms with van der Waals surface area (Å²) in [5, 5.41) is 2.65. The van der Waals surface area contributed by atoms with E-state index in [0.717, 1.165) is 12.8 Å². The fourth-order valence-corrected chi connectivity index (χ4v) is 2.32. The van der Waals surface area contributed by atoms with E-state index < -0.39 is 23.9 Å². The SMILES string of the molecule is CC(C)(C)OC(=O)NCCCN1CCCCC(OC(N)=O)C1=O. The summed E-state index contributed by atoms with van der Waals surface area (Å²) in [6.45, 7) is 6.88. The quantitative estimate of drug-likeness (QED) is 0.740. The summed E-state index contributed by atoms with van der Waals surface area (Å²) in [7, 11) is 0. The molecule has 1 aliphatic rings. The van der Waals surface area contributed by atoms with Crippen LogP contribution in [0.2, 0.25) is 0 Å². The number of amides is 3. The van der Waals surface area contributed by atoms with Crippen LogP contribution in [0.4, 0.5) is 9.59 Å². The van der Waals surface area contributed by atoms with Crippen LogP contribution >= 0.6 is 0 Å². The smallest absolute Gasteiger partial charge is 0.407 e. The van der Waals surface area contributed by atoms with Crippen molar-refractivity contribution in [2.75, 3.05) is 19.6 Å². The number of hydrogen-bond donors (Lipinski definition) is 2. The lowest BCUT2D eigenvalue weighted by molar-refractivity contribution is -0.139. The van der Waals surface area contributed by atoms with Crippen molar-refractivity contribution in [1.29, 1.82) is 0 Å². The summed E-state index contributed by atoms with van der Waals surface area (Å²) < 4.78 is 10.0. The van der Waals surface area contributed by atoms with Crippen LogP contribution in [0.3, 0.4) is 0 Å². The van der Waals surface area contributed by atoms with Crippen LogP contribution in [0.25, 0.3) is 0 Å². The lowest BCUT2D eigenvalue weighted by Crippen LogP contribution is -2.42. The molecule has 3 N–H and O–H groups in total. The number of nitrogens with one attached hydrogen (secondary N) is 1. The van der Waals surface area contributed by atoms with Gasteiger partial charge in [0.1, 0.15) is 5.60 Å². The Bertz CT molecular complexity index is 433. The summed E-state index contributed by atoms with van der Waals surface area (Å²) in [4.78, 5) is 36.3. The Kier molecular flexibility index (Phi) is 7.12. The number of ether oxygens (including phenoxy) is 2. The number of primary amides is 1. The summed E-state index contributed by atoms with van der Waals surface area (Å²) in [6, 6.07) is 0. The molecule has 1 unspecified atom stereocenters. The molecule has 8 nitrogen and oxygen atoms in total. The molecular formula is C15H27N3O5. The number of carbonyl (C=O) groups is 3. The zero-order chi connectivity index (χ0) is 17.5. The molecule has 8 heteroatoms. The van der Waals surface area contributed by atoms with Gasteiger partial charge in [-0.05, 0) is 46.5 Å². The van der Waals surface area contributed by atoms with Gasteiger partial charge in [0.25, 0.3) is 5.91 Å². The average molecular weight is 329 g/mol. The predicted molar refractivity (Wildman–Crippen MR) is 83.7 cm³/mol. The molecule has 0 bridgehead atoms. The third-order valence-electron chi connectivity index (χ3n) is 3.26. The fraction of sp³-hybridized carbons (Fsp3) is 0.800. The fourth-order valence-electron chi connectivity index (χ4n) is 2.32. The number of nitrogens with zero attached hydrogens (tertiary/aromatic N) is 1. The second-order valence-electron chi connectivity index (χ2n) is 6.53. The van der Waals surface area contributed by atoms with E-state index in [1.165, 1.54) is 0 Å². The highest BCUT2D eigenvalue weighted by molar-refractivity contribution is 5.83. The summed E-state index contributed by atoms with van der Waals surface area (Å²) in [6.07, 6.45) is 0.531. The molecule has 1 aliphatic heterocycles. The molecule has 0 aromatic rings. The molecule has 0 aromatic carbocycles.